The van der Waals surface area contributed by atoms with Crippen LogP contribution < -0.4 is 4.74 Å². The Hall–Kier alpha value is -1.33. The normalized spacial score (nSPS) is 11.1. The lowest BCUT2D eigenvalue weighted by Crippen LogP contribution is -1.99. The van der Waals surface area contributed by atoms with E-state index in [1.54, 1.807) is 6.21 Å². The van der Waals surface area contributed by atoms with Crippen LogP contribution in [0.4, 0.5) is 5.69 Å². The van der Waals surface area contributed by atoms with Gasteiger partial charge in [0, 0.05) is 26.3 Å². The first kappa shape index (κ1) is 20.4. The largest absolute Gasteiger partial charge is 0.487 e. The van der Waals surface area contributed by atoms with E-state index < -0.39 is 0 Å². The van der Waals surface area contributed by atoms with Crippen molar-refractivity contribution in [2.75, 3.05) is 0 Å². The predicted octanol–water partition coefficient (Wildman–Crippen LogP) is 8.16. The number of rotatable bonds is 5. The monoisotopic (exact) mass is 525 g/mol. The van der Waals surface area contributed by atoms with Crippen LogP contribution in [0.2, 0.25) is 10.0 Å². The molecule has 138 valence electrons. The van der Waals surface area contributed by atoms with E-state index in [1.807, 2.05) is 61.5 Å². The van der Waals surface area contributed by atoms with E-state index in [0.717, 1.165) is 31.3 Å². The Bertz CT molecular complexity index is 1010. The van der Waals surface area contributed by atoms with E-state index in [0.29, 0.717) is 22.4 Å². The van der Waals surface area contributed by atoms with Crippen LogP contribution in [0.3, 0.4) is 0 Å². The van der Waals surface area contributed by atoms with Crippen LogP contribution in [0.1, 0.15) is 16.7 Å². The lowest BCUT2D eigenvalue weighted by atomic mass is 10.2. The molecule has 0 saturated heterocycles. The fourth-order valence-corrected chi connectivity index (χ4v) is 4.22. The summed E-state index contributed by atoms with van der Waals surface area (Å²) in [5.74, 6) is 0.710. The molecule has 0 saturated carbocycles. The average Bonchev–Trinajstić information content (AvgIpc) is 2.61. The molecule has 0 aliphatic heterocycles. The van der Waals surface area contributed by atoms with Crippen LogP contribution in [0.5, 0.6) is 5.75 Å². The van der Waals surface area contributed by atoms with Crippen LogP contribution in [-0.4, -0.2) is 6.21 Å². The van der Waals surface area contributed by atoms with Crippen molar-refractivity contribution in [3.63, 3.8) is 0 Å². The molecule has 3 aromatic rings. The van der Waals surface area contributed by atoms with Crippen molar-refractivity contribution in [3.05, 3.63) is 90.3 Å². The summed E-state index contributed by atoms with van der Waals surface area (Å²) in [5, 5.41) is 1.34. The van der Waals surface area contributed by atoms with Gasteiger partial charge < -0.3 is 4.74 Å². The van der Waals surface area contributed by atoms with Gasteiger partial charge in [0.15, 0.2) is 0 Å². The molecule has 0 heterocycles. The lowest BCUT2D eigenvalue weighted by Gasteiger charge is -2.12. The van der Waals surface area contributed by atoms with Crippen LogP contribution in [0.25, 0.3) is 0 Å². The van der Waals surface area contributed by atoms with Crippen molar-refractivity contribution < 1.29 is 4.74 Å². The Balaban J connectivity index is 1.90. The summed E-state index contributed by atoms with van der Waals surface area (Å²) in [6.07, 6.45) is 1.78. The molecule has 0 aromatic heterocycles. The Labute approximate surface area is 185 Å². The summed E-state index contributed by atoms with van der Waals surface area (Å²) >= 11 is 19.2. The summed E-state index contributed by atoms with van der Waals surface area (Å²) in [6, 6.07) is 17.1. The zero-order chi connectivity index (χ0) is 19.4. The van der Waals surface area contributed by atoms with Gasteiger partial charge in [-0.15, -0.1) is 0 Å². The zero-order valence-electron chi connectivity index (χ0n) is 14.3. The fraction of sp³-hybridized carbons (Fsp3) is 0.0952. The second-order valence-electron chi connectivity index (χ2n) is 5.91. The van der Waals surface area contributed by atoms with Crippen LogP contribution in [0.15, 0.2) is 68.5 Å². The maximum absolute atomic E-state index is 6.09. The minimum atomic E-state index is 0.401. The maximum Gasteiger partial charge on any atom is 0.142 e. The first-order chi connectivity index (χ1) is 12.9. The molecule has 0 aliphatic carbocycles. The second kappa shape index (κ2) is 9.24. The average molecular weight is 528 g/mol. The number of ether oxygens (including phenoxy) is 1. The highest BCUT2D eigenvalue weighted by atomic mass is 79.9. The Morgan fingerprint density at radius 1 is 1.00 bits per heavy atom. The quantitative estimate of drug-likeness (QED) is 0.307. The van der Waals surface area contributed by atoms with Crippen molar-refractivity contribution in [2.45, 2.75) is 13.5 Å². The number of halogens is 4. The molecule has 0 spiro atoms. The predicted molar refractivity (Wildman–Crippen MR) is 121 cm³/mol. The molecule has 3 rings (SSSR count). The first-order valence-corrected chi connectivity index (χ1v) is 10.4. The smallest absolute Gasteiger partial charge is 0.142 e. The highest BCUT2D eigenvalue weighted by molar-refractivity contribution is 9.11. The summed E-state index contributed by atoms with van der Waals surface area (Å²) in [6.45, 7) is 2.40. The van der Waals surface area contributed by atoms with Crippen LogP contribution in [0, 0.1) is 6.92 Å². The third-order valence-corrected chi connectivity index (χ3v) is 5.34. The molecule has 0 unspecified atom stereocenters. The van der Waals surface area contributed by atoms with Gasteiger partial charge in [-0.3, -0.25) is 4.99 Å². The van der Waals surface area contributed by atoms with E-state index >= 15 is 0 Å². The topological polar surface area (TPSA) is 21.6 Å². The number of hydrogen-bond donors (Lipinski definition) is 0. The van der Waals surface area contributed by atoms with Gasteiger partial charge in [-0.25, -0.2) is 0 Å². The molecular weight excluding hydrogens is 513 g/mol. The lowest BCUT2D eigenvalue weighted by molar-refractivity contribution is 0.304. The molecule has 0 fully saturated rings. The van der Waals surface area contributed by atoms with Crippen LogP contribution >= 0.6 is 55.1 Å². The van der Waals surface area contributed by atoms with Crippen molar-refractivity contribution in [1.82, 2.24) is 0 Å². The minimum absolute atomic E-state index is 0.401. The van der Waals surface area contributed by atoms with Crippen molar-refractivity contribution in [1.29, 1.82) is 0 Å². The third kappa shape index (κ3) is 5.58. The Morgan fingerprint density at radius 2 is 1.78 bits per heavy atom. The van der Waals surface area contributed by atoms with E-state index in [-0.39, 0.29) is 0 Å². The highest BCUT2D eigenvalue weighted by Crippen LogP contribution is 2.33. The molecule has 2 nitrogen and oxygen atoms in total. The van der Waals surface area contributed by atoms with Gasteiger partial charge in [0.05, 0.1) is 10.2 Å². The first-order valence-electron chi connectivity index (χ1n) is 8.09. The molecule has 6 heteroatoms. The summed E-state index contributed by atoms with van der Waals surface area (Å²) in [5.41, 5.74) is 3.70. The number of aliphatic imine (C=N–C) groups is 1. The number of benzene rings is 3. The van der Waals surface area contributed by atoms with E-state index in [1.165, 1.54) is 0 Å². The molecule has 0 aliphatic rings. The maximum atomic E-state index is 6.09. The summed E-state index contributed by atoms with van der Waals surface area (Å²) in [4.78, 5) is 4.60. The number of nitrogens with zero attached hydrogens (tertiary/aromatic N) is 1. The van der Waals surface area contributed by atoms with E-state index in [2.05, 4.69) is 36.9 Å². The van der Waals surface area contributed by atoms with Gasteiger partial charge >= 0.3 is 0 Å². The fourth-order valence-electron chi connectivity index (χ4n) is 2.47. The van der Waals surface area contributed by atoms with Gasteiger partial charge in [0.1, 0.15) is 12.4 Å². The van der Waals surface area contributed by atoms with Gasteiger partial charge in [-0.05, 0) is 70.4 Å². The third-order valence-electron chi connectivity index (χ3n) is 3.82. The van der Waals surface area contributed by atoms with Crippen molar-refractivity contribution >= 4 is 67.0 Å². The van der Waals surface area contributed by atoms with Crippen molar-refractivity contribution in [3.8, 4) is 5.75 Å². The second-order valence-corrected chi connectivity index (χ2v) is 8.56. The summed E-state index contributed by atoms with van der Waals surface area (Å²) < 4.78 is 7.82. The van der Waals surface area contributed by atoms with Crippen molar-refractivity contribution in [2.24, 2.45) is 4.99 Å². The molecule has 0 radical (unpaired) electrons. The van der Waals surface area contributed by atoms with Crippen LogP contribution in [-0.2, 0) is 6.61 Å². The molecule has 0 atom stereocenters. The van der Waals surface area contributed by atoms with E-state index in [9.17, 15) is 0 Å². The number of hydrogen-bond acceptors (Lipinski definition) is 2. The standard InChI is InChI=1S/C21H15Br2Cl2NO/c1-13-5-6-18(25)10-20(13)26-11-15-8-16(22)9-19(23)21(15)27-12-14-3-2-4-17(24)7-14/h2-11H,12H2,1H3. The molecule has 0 N–H and O–H groups in total. The van der Waals surface area contributed by atoms with Gasteiger partial charge in [0.25, 0.3) is 0 Å². The zero-order valence-corrected chi connectivity index (χ0v) is 19.0. The Morgan fingerprint density at radius 3 is 2.56 bits per heavy atom. The number of aryl methyl sites for hydroxylation is 1. The van der Waals surface area contributed by atoms with E-state index in [4.69, 9.17) is 27.9 Å². The highest BCUT2D eigenvalue weighted by Gasteiger charge is 2.10. The SMILES string of the molecule is Cc1ccc(Cl)cc1N=Cc1cc(Br)cc(Br)c1OCc1cccc(Cl)c1. The van der Waals surface area contributed by atoms with Gasteiger partial charge in [0.2, 0.25) is 0 Å². The van der Waals surface area contributed by atoms with Gasteiger partial charge in [-0.2, -0.15) is 0 Å². The minimum Gasteiger partial charge on any atom is -0.487 e. The summed E-state index contributed by atoms with van der Waals surface area (Å²) in [7, 11) is 0. The Kier molecular flexibility index (Phi) is 6.99. The molecule has 27 heavy (non-hydrogen) atoms. The molecule has 0 bridgehead atoms. The molecule has 0 amide bonds. The molecular formula is C21H15Br2Cl2NO. The van der Waals surface area contributed by atoms with Gasteiger partial charge in [-0.1, -0.05) is 57.3 Å². The molecule has 3 aromatic carbocycles.